The molecular weight excluding hydrogens is 545 g/mol. The lowest BCUT2D eigenvalue weighted by Gasteiger charge is -2.14. The van der Waals surface area contributed by atoms with Crippen molar-refractivity contribution in [3.05, 3.63) is 145 Å². The third-order valence-corrected chi connectivity index (χ3v) is 9.58. The highest BCUT2D eigenvalue weighted by atomic mass is 32.1. The molecule has 2 heterocycles. The zero-order valence-corrected chi connectivity index (χ0v) is 23.8. The van der Waals surface area contributed by atoms with E-state index < -0.39 is 0 Å². The molecule has 0 fully saturated rings. The molecule has 0 saturated carbocycles. The van der Waals surface area contributed by atoms with Crippen molar-refractivity contribution in [1.82, 2.24) is 4.68 Å². The summed E-state index contributed by atoms with van der Waals surface area (Å²) in [4.78, 5) is 4.87. The summed E-state index contributed by atoms with van der Waals surface area (Å²) in [5.74, 6) is 0.820. The van der Waals surface area contributed by atoms with E-state index in [0.717, 1.165) is 22.2 Å². The van der Waals surface area contributed by atoms with Crippen molar-refractivity contribution in [2.24, 2.45) is 4.99 Å². The normalized spacial score (nSPS) is 12.4. The van der Waals surface area contributed by atoms with Crippen LogP contribution in [0, 0.1) is 5.41 Å². The Morgan fingerprint density at radius 3 is 1.84 bits per heavy atom. The van der Waals surface area contributed by atoms with Crippen LogP contribution in [0.3, 0.4) is 0 Å². The van der Waals surface area contributed by atoms with Crippen LogP contribution < -0.4 is 5.43 Å². The number of amidine groups is 2. The van der Waals surface area contributed by atoms with Gasteiger partial charge < -0.3 is 0 Å². The van der Waals surface area contributed by atoms with E-state index >= 15 is 0 Å². The maximum absolute atomic E-state index is 8.86. The van der Waals surface area contributed by atoms with Gasteiger partial charge in [0, 0.05) is 42.1 Å². The van der Waals surface area contributed by atoms with Gasteiger partial charge in [-0.15, -0.1) is 11.3 Å². The first-order valence-electron chi connectivity index (χ1n) is 14.3. The van der Waals surface area contributed by atoms with E-state index in [4.69, 9.17) is 10.4 Å². The summed E-state index contributed by atoms with van der Waals surface area (Å²) in [7, 11) is 0. The lowest BCUT2D eigenvalue weighted by molar-refractivity contribution is 1.08. The Hall–Kier alpha value is -5.52. The number of hydrogen-bond donors (Lipinski definition) is 2. The van der Waals surface area contributed by atoms with Crippen molar-refractivity contribution in [1.29, 1.82) is 5.41 Å². The first-order chi connectivity index (χ1) is 21.3. The van der Waals surface area contributed by atoms with Gasteiger partial charge in [0.25, 0.3) is 0 Å². The highest BCUT2D eigenvalue weighted by Gasteiger charge is 2.22. The number of nitrogens with one attached hydrogen (secondary N) is 2. The number of fused-ring (bicyclic) bond motifs is 3. The Morgan fingerprint density at radius 2 is 1.09 bits per heavy atom. The van der Waals surface area contributed by atoms with Gasteiger partial charge in [-0.2, -0.15) is 0 Å². The maximum atomic E-state index is 8.86. The summed E-state index contributed by atoms with van der Waals surface area (Å²) in [6, 6.07) is 46.3. The van der Waals surface area contributed by atoms with Gasteiger partial charge in [0.15, 0.2) is 11.7 Å². The summed E-state index contributed by atoms with van der Waals surface area (Å²) in [5.41, 5.74) is 7.52. The predicted octanol–water partition coefficient (Wildman–Crippen LogP) is 9.92. The Morgan fingerprint density at radius 1 is 0.512 bits per heavy atom. The van der Waals surface area contributed by atoms with Crippen molar-refractivity contribution < 1.29 is 0 Å². The van der Waals surface area contributed by atoms with E-state index in [1.807, 2.05) is 72.0 Å². The van der Waals surface area contributed by atoms with E-state index in [1.54, 1.807) is 0 Å². The monoisotopic (exact) mass is 568 g/mol. The van der Waals surface area contributed by atoms with Crippen LogP contribution in [0.1, 0.15) is 11.1 Å². The fraction of sp³-hybridized carbons (Fsp3) is 0. The molecule has 43 heavy (non-hydrogen) atoms. The smallest absolute Gasteiger partial charge is 0.154 e. The zero-order valence-electron chi connectivity index (χ0n) is 23.0. The number of aliphatic imine (C=N–C) groups is 1. The minimum atomic E-state index is 0.205. The van der Waals surface area contributed by atoms with Gasteiger partial charge in [-0.1, -0.05) is 109 Å². The summed E-state index contributed by atoms with van der Waals surface area (Å²) in [5, 5.41) is 18.9. The Kier molecular flexibility index (Phi) is 5.18. The molecule has 0 radical (unpaired) electrons. The number of hydrogen-bond acceptors (Lipinski definition) is 2. The molecule has 2 N–H and O–H groups in total. The molecular formula is C38H24N4S. The number of rotatable bonds is 3. The summed E-state index contributed by atoms with van der Waals surface area (Å²) in [6.07, 6.45) is 0. The molecule has 0 aliphatic heterocycles. The quantitative estimate of drug-likeness (QED) is 0.162. The van der Waals surface area contributed by atoms with E-state index in [0.29, 0.717) is 5.84 Å². The van der Waals surface area contributed by atoms with E-state index in [1.165, 1.54) is 52.5 Å². The standard InChI is InChI=1S/C38H24N4S/c39-37(23-11-3-1-4-12-23)40-38(24-13-5-2-6-14-24)41-42-29-19-9-17-27-25-15-7-8-16-26(25)28-18-10-20-31-34(28)36-32(43-31)22-21-30(42)35(36)33(27)29/h1-22H,(H2,39,40,41). The molecule has 0 bridgehead atoms. The van der Waals surface area contributed by atoms with Crippen LogP contribution in [0.4, 0.5) is 0 Å². The topological polar surface area (TPSA) is 53.2 Å². The minimum absolute atomic E-state index is 0.205. The van der Waals surface area contributed by atoms with Gasteiger partial charge in [-0.3, -0.25) is 15.5 Å². The van der Waals surface area contributed by atoms with Crippen LogP contribution in [-0.2, 0) is 0 Å². The van der Waals surface area contributed by atoms with Crippen molar-refractivity contribution >= 4 is 86.5 Å². The van der Waals surface area contributed by atoms with Crippen molar-refractivity contribution in [3.8, 4) is 0 Å². The number of thiophene rings is 1. The third kappa shape index (κ3) is 3.55. The molecule has 0 atom stereocenters. The summed E-state index contributed by atoms with van der Waals surface area (Å²) in [6.45, 7) is 0. The highest BCUT2D eigenvalue weighted by molar-refractivity contribution is 7.26. The molecule has 2 aromatic heterocycles. The van der Waals surface area contributed by atoms with Crippen LogP contribution in [0.2, 0.25) is 0 Å². The van der Waals surface area contributed by atoms with Gasteiger partial charge >= 0.3 is 0 Å². The van der Waals surface area contributed by atoms with Crippen LogP contribution in [0.15, 0.2) is 138 Å². The molecule has 4 nitrogen and oxygen atoms in total. The lowest BCUT2D eigenvalue weighted by atomic mass is 9.95. The van der Waals surface area contributed by atoms with Gasteiger partial charge in [0.05, 0.1) is 11.0 Å². The Balaban J connectivity index is 1.41. The van der Waals surface area contributed by atoms with Gasteiger partial charge in [-0.05, 0) is 45.8 Å². The number of benzene rings is 6. The SMILES string of the molecule is N=C(N=C(Nn1c2cccc3c4ccccc4c4cccc5sc6ccc1c(c6c54)c32)c1ccccc1)c1ccccc1. The molecule has 0 saturated heterocycles. The van der Waals surface area contributed by atoms with Crippen LogP contribution in [0.25, 0.3) is 63.5 Å². The third-order valence-electron chi connectivity index (χ3n) is 8.46. The van der Waals surface area contributed by atoms with Gasteiger partial charge in [0.1, 0.15) is 0 Å². The lowest BCUT2D eigenvalue weighted by Crippen LogP contribution is -2.25. The van der Waals surface area contributed by atoms with Gasteiger partial charge in [-0.25, -0.2) is 4.99 Å². The Labute approximate surface area is 251 Å². The fourth-order valence-corrected chi connectivity index (χ4v) is 7.75. The first kappa shape index (κ1) is 24.1. The summed E-state index contributed by atoms with van der Waals surface area (Å²) >= 11 is 1.86. The molecule has 0 spiro atoms. The number of aromatic nitrogens is 1. The van der Waals surface area contributed by atoms with Gasteiger partial charge in [0.2, 0.25) is 0 Å². The molecule has 5 heteroatoms. The zero-order chi connectivity index (χ0) is 28.5. The van der Waals surface area contributed by atoms with Crippen molar-refractivity contribution in [2.45, 2.75) is 0 Å². The van der Waals surface area contributed by atoms with E-state index in [9.17, 15) is 0 Å². The van der Waals surface area contributed by atoms with Crippen LogP contribution in [0.5, 0.6) is 0 Å². The first-order valence-corrected chi connectivity index (χ1v) is 15.1. The molecule has 0 amide bonds. The average Bonchev–Trinajstić information content (AvgIpc) is 3.60. The maximum Gasteiger partial charge on any atom is 0.154 e. The summed E-state index contributed by atoms with van der Waals surface area (Å²) < 4.78 is 4.74. The fourth-order valence-electron chi connectivity index (χ4n) is 6.61. The minimum Gasteiger partial charge on any atom is -0.282 e. The second-order valence-electron chi connectivity index (χ2n) is 10.8. The van der Waals surface area contributed by atoms with E-state index in [-0.39, 0.29) is 5.84 Å². The Bertz CT molecular complexity index is 2540. The second kappa shape index (κ2) is 9.24. The molecule has 7 aromatic carbocycles. The second-order valence-corrected chi connectivity index (χ2v) is 11.9. The van der Waals surface area contributed by atoms with E-state index in [2.05, 4.69) is 82.9 Å². The molecule has 9 rings (SSSR count). The molecule has 0 aliphatic carbocycles. The van der Waals surface area contributed by atoms with Crippen LogP contribution >= 0.6 is 11.3 Å². The highest BCUT2D eigenvalue weighted by Crippen LogP contribution is 2.47. The molecule has 0 unspecified atom stereocenters. The van der Waals surface area contributed by atoms with Crippen LogP contribution in [-0.4, -0.2) is 16.3 Å². The predicted molar refractivity (Wildman–Crippen MR) is 184 cm³/mol. The van der Waals surface area contributed by atoms with Crippen molar-refractivity contribution in [2.75, 3.05) is 5.43 Å². The largest absolute Gasteiger partial charge is 0.282 e. The molecule has 202 valence electrons. The molecule has 9 aromatic rings. The van der Waals surface area contributed by atoms with Crippen molar-refractivity contribution in [3.63, 3.8) is 0 Å². The number of nitrogens with zero attached hydrogens (tertiary/aromatic N) is 2. The molecule has 0 aliphatic rings. The average molecular weight is 569 g/mol.